The number of nitrogens with one attached hydrogen (secondary N) is 1. The molecule has 1 atom stereocenters. The zero-order valence-corrected chi connectivity index (χ0v) is 10.2. The van der Waals surface area contributed by atoms with Gasteiger partial charge in [-0.25, -0.2) is 0 Å². The van der Waals surface area contributed by atoms with Crippen LogP contribution in [-0.4, -0.2) is 11.0 Å². The monoisotopic (exact) mass is 269 g/mol. The molecule has 0 spiro atoms. The molecule has 1 aliphatic carbocycles. The van der Waals surface area contributed by atoms with Gasteiger partial charge in [0.25, 0.3) is 0 Å². The van der Waals surface area contributed by atoms with E-state index in [1.807, 2.05) is 6.20 Å². The number of pyridine rings is 1. The van der Waals surface area contributed by atoms with E-state index in [-0.39, 0.29) is 0 Å². The Kier molecular flexibility index (Phi) is 3.72. The van der Waals surface area contributed by atoms with Crippen LogP contribution in [0.2, 0.25) is 0 Å². The quantitative estimate of drug-likeness (QED) is 0.635. The van der Waals surface area contributed by atoms with Crippen molar-refractivity contribution in [2.75, 3.05) is 0 Å². The normalized spacial score (nSPS) is 17.7. The summed E-state index contributed by atoms with van der Waals surface area (Å²) in [5.74, 6) is 6.45. The fraction of sp³-hybridized carbons (Fsp3) is 0.545. The van der Waals surface area contributed by atoms with E-state index in [0.29, 0.717) is 6.04 Å². The largest absolute Gasteiger partial charge is 0.271 e. The minimum Gasteiger partial charge on any atom is -0.271 e. The number of rotatable bonds is 5. The number of hydrogen-bond acceptors (Lipinski definition) is 3. The average molecular weight is 270 g/mol. The van der Waals surface area contributed by atoms with Gasteiger partial charge in [-0.2, -0.15) is 0 Å². The Labute approximate surface area is 98.6 Å². The molecule has 0 amide bonds. The third-order valence-electron chi connectivity index (χ3n) is 2.79. The lowest BCUT2D eigenvalue weighted by Crippen LogP contribution is -2.37. The third-order valence-corrected chi connectivity index (χ3v) is 3.23. The van der Waals surface area contributed by atoms with E-state index in [9.17, 15) is 0 Å². The number of halogens is 1. The summed E-state index contributed by atoms with van der Waals surface area (Å²) in [6.45, 7) is 0. The molecular formula is C11H16BrN3. The highest BCUT2D eigenvalue weighted by atomic mass is 79.9. The van der Waals surface area contributed by atoms with Gasteiger partial charge in [-0.1, -0.05) is 12.8 Å². The predicted octanol–water partition coefficient (Wildman–Crippen LogP) is 2.02. The standard InChI is InChI=1S/C11H16BrN3/c12-10-3-9(6-14-7-10)5-11(15-13)4-8-1-2-8/h3,6-8,11,15H,1-2,4-5,13H2. The molecule has 0 radical (unpaired) electrons. The van der Waals surface area contributed by atoms with Crippen LogP contribution in [0.4, 0.5) is 0 Å². The minimum atomic E-state index is 0.383. The van der Waals surface area contributed by atoms with Crippen molar-refractivity contribution < 1.29 is 0 Å². The fourth-order valence-corrected chi connectivity index (χ4v) is 2.23. The second kappa shape index (κ2) is 5.05. The van der Waals surface area contributed by atoms with Crippen molar-refractivity contribution in [3.05, 3.63) is 28.5 Å². The van der Waals surface area contributed by atoms with E-state index in [4.69, 9.17) is 5.84 Å². The van der Waals surface area contributed by atoms with Crippen LogP contribution >= 0.6 is 15.9 Å². The molecule has 1 unspecified atom stereocenters. The summed E-state index contributed by atoms with van der Waals surface area (Å²) in [5.41, 5.74) is 4.13. The van der Waals surface area contributed by atoms with Gasteiger partial charge >= 0.3 is 0 Å². The number of aromatic nitrogens is 1. The molecule has 0 bridgehead atoms. The van der Waals surface area contributed by atoms with Crippen molar-refractivity contribution in [1.82, 2.24) is 10.4 Å². The van der Waals surface area contributed by atoms with Crippen molar-refractivity contribution in [3.63, 3.8) is 0 Å². The summed E-state index contributed by atoms with van der Waals surface area (Å²) in [6, 6.07) is 2.48. The summed E-state index contributed by atoms with van der Waals surface area (Å²) in [5, 5.41) is 0. The van der Waals surface area contributed by atoms with Gasteiger partial charge in [0.15, 0.2) is 0 Å². The number of nitrogens with two attached hydrogens (primary N) is 1. The zero-order chi connectivity index (χ0) is 10.7. The molecule has 0 saturated heterocycles. The van der Waals surface area contributed by atoms with Crippen LogP contribution in [0, 0.1) is 5.92 Å². The van der Waals surface area contributed by atoms with Crippen LogP contribution in [0.3, 0.4) is 0 Å². The zero-order valence-electron chi connectivity index (χ0n) is 8.62. The third kappa shape index (κ3) is 3.55. The summed E-state index contributed by atoms with van der Waals surface area (Å²) in [7, 11) is 0. The highest BCUT2D eigenvalue weighted by molar-refractivity contribution is 9.10. The van der Waals surface area contributed by atoms with E-state index in [1.54, 1.807) is 6.20 Å². The summed E-state index contributed by atoms with van der Waals surface area (Å²) >= 11 is 3.42. The van der Waals surface area contributed by atoms with Crippen LogP contribution < -0.4 is 11.3 Å². The predicted molar refractivity (Wildman–Crippen MR) is 64.1 cm³/mol. The van der Waals surface area contributed by atoms with Crippen molar-refractivity contribution >= 4 is 15.9 Å². The smallest absolute Gasteiger partial charge is 0.0410 e. The lowest BCUT2D eigenvalue weighted by Gasteiger charge is -2.15. The molecule has 1 aromatic heterocycles. The Bertz CT molecular complexity index is 325. The molecule has 15 heavy (non-hydrogen) atoms. The van der Waals surface area contributed by atoms with Crippen molar-refractivity contribution in [2.24, 2.45) is 11.8 Å². The van der Waals surface area contributed by atoms with Gasteiger partial charge in [-0.15, -0.1) is 0 Å². The molecule has 1 heterocycles. The Morgan fingerprint density at radius 2 is 2.33 bits per heavy atom. The van der Waals surface area contributed by atoms with E-state index < -0.39 is 0 Å². The summed E-state index contributed by atoms with van der Waals surface area (Å²) < 4.78 is 1.03. The van der Waals surface area contributed by atoms with Gasteiger partial charge < -0.3 is 0 Å². The van der Waals surface area contributed by atoms with Crippen LogP contribution in [-0.2, 0) is 6.42 Å². The average Bonchev–Trinajstić information content (AvgIpc) is 3.01. The molecule has 0 aliphatic heterocycles. The van der Waals surface area contributed by atoms with E-state index >= 15 is 0 Å². The second-order valence-corrected chi connectivity index (χ2v) is 5.17. The van der Waals surface area contributed by atoms with Crippen molar-refractivity contribution in [1.29, 1.82) is 0 Å². The first kappa shape index (κ1) is 11.0. The molecular weight excluding hydrogens is 254 g/mol. The van der Waals surface area contributed by atoms with Gasteiger partial charge in [0, 0.05) is 22.9 Å². The Hall–Kier alpha value is -0.450. The molecule has 3 N–H and O–H groups in total. The Balaban J connectivity index is 1.92. The SMILES string of the molecule is NNC(Cc1cncc(Br)c1)CC1CC1. The maximum Gasteiger partial charge on any atom is 0.0410 e. The summed E-state index contributed by atoms with van der Waals surface area (Å²) in [6.07, 6.45) is 8.59. The molecule has 0 aromatic carbocycles. The van der Waals surface area contributed by atoms with Gasteiger partial charge in [0.1, 0.15) is 0 Å². The molecule has 1 saturated carbocycles. The molecule has 4 heteroatoms. The van der Waals surface area contributed by atoms with Gasteiger partial charge in [-0.3, -0.25) is 16.3 Å². The maximum absolute atomic E-state index is 5.55. The lowest BCUT2D eigenvalue weighted by atomic mass is 10.0. The maximum atomic E-state index is 5.55. The molecule has 2 rings (SSSR count). The van der Waals surface area contributed by atoms with Gasteiger partial charge in [0.2, 0.25) is 0 Å². The molecule has 82 valence electrons. The first-order chi connectivity index (χ1) is 7.28. The fourth-order valence-electron chi connectivity index (χ4n) is 1.82. The van der Waals surface area contributed by atoms with Crippen LogP contribution in [0.5, 0.6) is 0 Å². The highest BCUT2D eigenvalue weighted by Crippen LogP contribution is 2.33. The number of nitrogens with zero attached hydrogens (tertiary/aromatic N) is 1. The van der Waals surface area contributed by atoms with Crippen molar-refractivity contribution in [3.8, 4) is 0 Å². The Morgan fingerprint density at radius 3 is 2.93 bits per heavy atom. The van der Waals surface area contributed by atoms with Gasteiger partial charge in [-0.05, 0) is 46.3 Å². The molecule has 1 aromatic rings. The van der Waals surface area contributed by atoms with E-state index in [0.717, 1.165) is 16.8 Å². The molecule has 1 aliphatic rings. The molecule has 3 nitrogen and oxygen atoms in total. The first-order valence-electron chi connectivity index (χ1n) is 5.33. The van der Waals surface area contributed by atoms with Crippen LogP contribution in [0.15, 0.2) is 22.9 Å². The van der Waals surface area contributed by atoms with Gasteiger partial charge in [0.05, 0.1) is 0 Å². The van der Waals surface area contributed by atoms with Crippen LogP contribution in [0.1, 0.15) is 24.8 Å². The van der Waals surface area contributed by atoms with Crippen molar-refractivity contribution in [2.45, 2.75) is 31.7 Å². The van der Waals surface area contributed by atoms with Crippen LogP contribution in [0.25, 0.3) is 0 Å². The lowest BCUT2D eigenvalue weighted by molar-refractivity contribution is 0.465. The topological polar surface area (TPSA) is 50.9 Å². The molecule has 1 fully saturated rings. The summed E-state index contributed by atoms with van der Waals surface area (Å²) in [4.78, 5) is 4.15. The Morgan fingerprint density at radius 1 is 1.53 bits per heavy atom. The number of hydrogen-bond donors (Lipinski definition) is 2. The first-order valence-corrected chi connectivity index (χ1v) is 6.13. The minimum absolute atomic E-state index is 0.383. The number of hydrazine groups is 1. The highest BCUT2D eigenvalue weighted by Gasteiger charge is 2.25. The van der Waals surface area contributed by atoms with E-state index in [1.165, 1.54) is 24.8 Å². The van der Waals surface area contributed by atoms with E-state index in [2.05, 4.69) is 32.4 Å². The second-order valence-electron chi connectivity index (χ2n) is 4.26.